The molecule has 33 heavy (non-hydrogen) atoms. The van der Waals surface area contributed by atoms with E-state index in [0.29, 0.717) is 37.6 Å². The zero-order valence-electron chi connectivity index (χ0n) is 20.5. The number of benzene rings is 1. The third-order valence-electron chi connectivity index (χ3n) is 6.90. The van der Waals surface area contributed by atoms with E-state index in [1.165, 1.54) is 0 Å². The number of carbonyl (C=O) groups is 2. The predicted octanol–water partition coefficient (Wildman–Crippen LogP) is 3.08. The monoisotopic (exact) mass is 458 g/mol. The van der Waals surface area contributed by atoms with Crippen LogP contribution in [0.15, 0.2) is 18.2 Å². The van der Waals surface area contributed by atoms with E-state index in [2.05, 4.69) is 4.90 Å². The standard InChI is InChI=1S/C26H38N2O5/c1-18(2)32-24-8-7-21(13-19(24)3)25(30)28-11-9-26(10-12-28)17-27(14-22(33-26)16-31-4)15-23(29)20-5-6-20/h7-8,13,18,20,22H,5-6,9-12,14-17H2,1-4H3. The van der Waals surface area contributed by atoms with Gasteiger partial charge < -0.3 is 19.1 Å². The van der Waals surface area contributed by atoms with Crippen molar-refractivity contribution in [1.29, 1.82) is 0 Å². The van der Waals surface area contributed by atoms with Gasteiger partial charge in [0.25, 0.3) is 5.91 Å². The number of likely N-dealkylation sites (tertiary alicyclic amines) is 1. The number of ether oxygens (including phenoxy) is 3. The molecule has 1 unspecified atom stereocenters. The number of hydrogen-bond donors (Lipinski definition) is 0. The van der Waals surface area contributed by atoms with Gasteiger partial charge >= 0.3 is 0 Å². The summed E-state index contributed by atoms with van der Waals surface area (Å²) in [6.07, 6.45) is 3.66. The zero-order chi connectivity index (χ0) is 23.6. The lowest BCUT2D eigenvalue weighted by Gasteiger charge is -2.49. The minimum absolute atomic E-state index is 0.0471. The molecule has 182 valence electrons. The summed E-state index contributed by atoms with van der Waals surface area (Å²) < 4.78 is 17.7. The summed E-state index contributed by atoms with van der Waals surface area (Å²) >= 11 is 0. The number of piperidine rings is 1. The van der Waals surface area contributed by atoms with Crippen LogP contribution < -0.4 is 4.74 Å². The molecule has 0 radical (unpaired) electrons. The largest absolute Gasteiger partial charge is 0.491 e. The normalized spacial score (nSPS) is 23.2. The summed E-state index contributed by atoms with van der Waals surface area (Å²) in [5.41, 5.74) is 1.34. The molecular formula is C26H38N2O5. The van der Waals surface area contributed by atoms with Gasteiger partial charge in [-0.05, 0) is 70.2 Å². The van der Waals surface area contributed by atoms with Crippen LogP contribution in [0.1, 0.15) is 55.5 Å². The van der Waals surface area contributed by atoms with Crippen LogP contribution in [-0.2, 0) is 14.3 Å². The van der Waals surface area contributed by atoms with Gasteiger partial charge in [0.2, 0.25) is 0 Å². The quantitative estimate of drug-likeness (QED) is 0.596. The van der Waals surface area contributed by atoms with Gasteiger partial charge in [0, 0.05) is 44.8 Å². The average molecular weight is 459 g/mol. The summed E-state index contributed by atoms with van der Waals surface area (Å²) in [5.74, 6) is 1.50. The first-order chi connectivity index (χ1) is 15.8. The molecule has 1 aromatic rings. The smallest absolute Gasteiger partial charge is 0.253 e. The van der Waals surface area contributed by atoms with Gasteiger partial charge in [-0.15, -0.1) is 0 Å². The van der Waals surface area contributed by atoms with E-state index >= 15 is 0 Å². The Balaban J connectivity index is 1.39. The molecule has 1 atom stereocenters. The van der Waals surface area contributed by atoms with Crippen molar-refractivity contribution >= 4 is 11.7 Å². The molecule has 1 aliphatic carbocycles. The number of nitrogens with zero attached hydrogens (tertiary/aromatic N) is 2. The Morgan fingerprint density at radius 2 is 1.94 bits per heavy atom. The topological polar surface area (TPSA) is 68.3 Å². The molecule has 0 bridgehead atoms. The minimum atomic E-state index is -0.326. The highest BCUT2D eigenvalue weighted by molar-refractivity contribution is 5.94. The van der Waals surface area contributed by atoms with Gasteiger partial charge in [0.1, 0.15) is 11.5 Å². The van der Waals surface area contributed by atoms with Crippen LogP contribution >= 0.6 is 0 Å². The summed E-state index contributed by atoms with van der Waals surface area (Å²) in [7, 11) is 1.69. The van der Waals surface area contributed by atoms with E-state index in [1.807, 2.05) is 43.9 Å². The van der Waals surface area contributed by atoms with Crippen LogP contribution in [0.2, 0.25) is 0 Å². The van der Waals surface area contributed by atoms with Crippen molar-refractivity contribution in [1.82, 2.24) is 9.80 Å². The lowest BCUT2D eigenvalue weighted by Crippen LogP contribution is -2.61. The molecule has 2 heterocycles. The lowest BCUT2D eigenvalue weighted by atomic mass is 9.88. The average Bonchev–Trinajstić information content (AvgIpc) is 3.60. The number of aryl methyl sites for hydroxylation is 1. The Morgan fingerprint density at radius 1 is 1.21 bits per heavy atom. The maximum absolute atomic E-state index is 13.2. The molecule has 4 rings (SSSR count). The third-order valence-corrected chi connectivity index (χ3v) is 6.90. The van der Waals surface area contributed by atoms with Crippen molar-refractivity contribution < 1.29 is 23.8 Å². The van der Waals surface area contributed by atoms with Crippen molar-refractivity contribution in [2.75, 3.05) is 46.4 Å². The second-order valence-electron chi connectivity index (χ2n) is 10.2. The van der Waals surface area contributed by atoms with E-state index in [-0.39, 0.29) is 29.6 Å². The number of methoxy groups -OCH3 is 1. The number of hydrogen-bond acceptors (Lipinski definition) is 6. The molecule has 1 spiro atoms. The molecule has 7 heteroatoms. The summed E-state index contributed by atoms with van der Waals surface area (Å²) in [5, 5.41) is 0. The Morgan fingerprint density at radius 3 is 2.55 bits per heavy atom. The molecule has 2 aliphatic heterocycles. The molecule has 2 saturated heterocycles. The first-order valence-electron chi connectivity index (χ1n) is 12.3. The molecule has 3 fully saturated rings. The first-order valence-corrected chi connectivity index (χ1v) is 12.3. The highest BCUT2D eigenvalue weighted by atomic mass is 16.5. The molecule has 0 aromatic heterocycles. The van der Waals surface area contributed by atoms with Crippen LogP contribution in [0.5, 0.6) is 5.75 Å². The van der Waals surface area contributed by atoms with Gasteiger partial charge in [0.15, 0.2) is 0 Å². The number of Topliss-reactive ketones (excluding diaryl/α,β-unsaturated/α-hetero) is 1. The van der Waals surface area contributed by atoms with Crippen molar-refractivity contribution in [3.05, 3.63) is 29.3 Å². The molecule has 1 aromatic carbocycles. The highest BCUT2D eigenvalue weighted by Crippen LogP contribution is 2.35. The second kappa shape index (κ2) is 10.1. The zero-order valence-corrected chi connectivity index (χ0v) is 20.5. The van der Waals surface area contributed by atoms with Crippen LogP contribution in [0.4, 0.5) is 0 Å². The number of rotatable bonds is 8. The summed E-state index contributed by atoms with van der Waals surface area (Å²) in [6.45, 7) is 9.74. The lowest BCUT2D eigenvalue weighted by molar-refractivity contribution is -0.185. The fourth-order valence-corrected chi connectivity index (χ4v) is 5.08. The van der Waals surface area contributed by atoms with Crippen LogP contribution in [0.25, 0.3) is 0 Å². The van der Waals surface area contributed by atoms with E-state index in [4.69, 9.17) is 14.2 Å². The first kappa shape index (κ1) is 24.2. The summed E-state index contributed by atoms with van der Waals surface area (Å²) in [4.78, 5) is 29.8. The summed E-state index contributed by atoms with van der Waals surface area (Å²) in [6, 6.07) is 5.66. The fraction of sp³-hybridized carbons (Fsp3) is 0.692. The number of amides is 1. The van der Waals surface area contributed by atoms with Crippen LogP contribution in [0, 0.1) is 12.8 Å². The number of morpholine rings is 1. The van der Waals surface area contributed by atoms with E-state index in [9.17, 15) is 9.59 Å². The van der Waals surface area contributed by atoms with E-state index in [0.717, 1.165) is 50.1 Å². The van der Waals surface area contributed by atoms with Gasteiger partial charge in [-0.25, -0.2) is 0 Å². The number of ketones is 1. The van der Waals surface area contributed by atoms with E-state index < -0.39 is 0 Å². The van der Waals surface area contributed by atoms with Crippen molar-refractivity contribution in [2.45, 2.75) is 64.3 Å². The van der Waals surface area contributed by atoms with Crippen molar-refractivity contribution in [3.8, 4) is 5.75 Å². The molecule has 1 amide bonds. The van der Waals surface area contributed by atoms with Crippen molar-refractivity contribution in [2.24, 2.45) is 5.92 Å². The Bertz CT molecular complexity index is 858. The molecule has 1 saturated carbocycles. The van der Waals surface area contributed by atoms with E-state index in [1.54, 1.807) is 7.11 Å². The molecule has 7 nitrogen and oxygen atoms in total. The fourth-order valence-electron chi connectivity index (χ4n) is 5.08. The number of carbonyl (C=O) groups excluding carboxylic acids is 2. The van der Waals surface area contributed by atoms with Gasteiger partial charge in [-0.1, -0.05) is 0 Å². The van der Waals surface area contributed by atoms with Gasteiger partial charge in [-0.2, -0.15) is 0 Å². The van der Waals surface area contributed by atoms with Crippen LogP contribution in [-0.4, -0.2) is 85.7 Å². The molecular weight excluding hydrogens is 420 g/mol. The van der Waals surface area contributed by atoms with Crippen molar-refractivity contribution in [3.63, 3.8) is 0 Å². The van der Waals surface area contributed by atoms with Gasteiger partial charge in [-0.3, -0.25) is 14.5 Å². The van der Waals surface area contributed by atoms with Gasteiger partial charge in [0.05, 0.1) is 31.0 Å². The minimum Gasteiger partial charge on any atom is -0.491 e. The molecule has 0 N–H and O–H groups in total. The van der Waals surface area contributed by atoms with Crippen LogP contribution in [0.3, 0.4) is 0 Å². The Hall–Kier alpha value is -1.96. The Labute approximate surface area is 197 Å². The Kier molecular flexibility index (Phi) is 7.41. The third kappa shape index (κ3) is 5.94. The molecule has 3 aliphatic rings. The highest BCUT2D eigenvalue weighted by Gasteiger charge is 2.44. The SMILES string of the molecule is COCC1CN(CC(=O)C2CC2)CC2(CCN(C(=O)c3ccc(OC(C)C)c(C)c3)CC2)O1. The maximum atomic E-state index is 13.2. The predicted molar refractivity (Wildman–Crippen MR) is 126 cm³/mol. The maximum Gasteiger partial charge on any atom is 0.253 e. The second-order valence-corrected chi connectivity index (χ2v) is 10.2.